The molecule has 4 nitrogen and oxygen atoms in total. The first-order valence-electron chi connectivity index (χ1n) is 7.05. The molecular formula is C15H17N3O. The van der Waals surface area contributed by atoms with Crippen LogP contribution in [0, 0.1) is 11.8 Å². The monoisotopic (exact) mass is 255 g/mol. The van der Waals surface area contributed by atoms with Crippen molar-refractivity contribution < 1.29 is 4.79 Å². The van der Waals surface area contributed by atoms with E-state index in [9.17, 15) is 4.79 Å². The van der Waals surface area contributed by atoms with Crippen LogP contribution in [0.1, 0.15) is 36.5 Å². The van der Waals surface area contributed by atoms with E-state index in [-0.39, 0.29) is 5.78 Å². The number of nitrogens with zero attached hydrogens (tertiary/aromatic N) is 3. The summed E-state index contributed by atoms with van der Waals surface area (Å²) in [5.41, 5.74) is 1.82. The van der Waals surface area contributed by atoms with Gasteiger partial charge in [0.1, 0.15) is 0 Å². The molecule has 2 bridgehead atoms. The van der Waals surface area contributed by atoms with Crippen molar-refractivity contribution in [3.63, 3.8) is 0 Å². The second-order valence-electron chi connectivity index (χ2n) is 5.97. The molecule has 19 heavy (non-hydrogen) atoms. The molecule has 1 aliphatic heterocycles. The molecule has 2 aliphatic carbocycles. The Hall–Kier alpha value is -1.71. The van der Waals surface area contributed by atoms with Gasteiger partial charge in [-0.25, -0.2) is 5.01 Å². The van der Waals surface area contributed by atoms with E-state index < -0.39 is 0 Å². The second kappa shape index (κ2) is 3.89. The molecule has 2 saturated carbocycles. The Bertz CT molecular complexity index is 551. The third-order valence-corrected chi connectivity index (χ3v) is 4.93. The van der Waals surface area contributed by atoms with Crippen LogP contribution in [0.5, 0.6) is 0 Å². The molecular weight excluding hydrogens is 238 g/mol. The number of hydrogen-bond acceptors (Lipinski definition) is 4. The molecule has 0 radical (unpaired) electrons. The van der Waals surface area contributed by atoms with Crippen LogP contribution in [-0.2, 0) is 0 Å². The van der Waals surface area contributed by atoms with Crippen LogP contribution in [-0.4, -0.2) is 17.9 Å². The number of carbonyl (C=O) groups excluding carboxylic acids is 1. The van der Waals surface area contributed by atoms with Gasteiger partial charge in [-0.2, -0.15) is 5.11 Å². The third kappa shape index (κ3) is 1.55. The molecule has 1 aromatic rings. The Morgan fingerprint density at radius 2 is 1.95 bits per heavy atom. The van der Waals surface area contributed by atoms with E-state index >= 15 is 0 Å². The van der Waals surface area contributed by atoms with Crippen LogP contribution in [0.2, 0.25) is 0 Å². The molecule has 4 atom stereocenters. The van der Waals surface area contributed by atoms with Gasteiger partial charge in [0.15, 0.2) is 5.78 Å². The van der Waals surface area contributed by atoms with Gasteiger partial charge in [0.2, 0.25) is 0 Å². The maximum atomic E-state index is 11.3. The summed E-state index contributed by atoms with van der Waals surface area (Å²) in [6, 6.07) is 8.61. The SMILES string of the molecule is CC(=O)c1ccc(N2N=N[C@@H]3[C@H]4CC[C@H](C4)[C@@H]32)cc1. The van der Waals surface area contributed by atoms with E-state index in [1.807, 2.05) is 24.3 Å². The minimum Gasteiger partial charge on any atom is -0.295 e. The van der Waals surface area contributed by atoms with E-state index in [0.29, 0.717) is 12.1 Å². The molecule has 3 aliphatic rings. The maximum absolute atomic E-state index is 11.3. The Kier molecular flexibility index (Phi) is 2.28. The number of carbonyl (C=O) groups is 1. The Labute approximate surface area is 112 Å². The van der Waals surface area contributed by atoms with E-state index in [0.717, 1.165) is 23.1 Å². The van der Waals surface area contributed by atoms with Gasteiger partial charge in [-0.3, -0.25) is 4.79 Å². The van der Waals surface area contributed by atoms with Crippen LogP contribution < -0.4 is 5.01 Å². The van der Waals surface area contributed by atoms with Gasteiger partial charge in [-0.05, 0) is 62.3 Å². The molecule has 0 spiro atoms. The minimum atomic E-state index is 0.104. The van der Waals surface area contributed by atoms with Crippen molar-refractivity contribution >= 4 is 11.5 Å². The molecule has 1 heterocycles. The van der Waals surface area contributed by atoms with Gasteiger partial charge in [-0.1, -0.05) is 5.22 Å². The first kappa shape index (κ1) is 11.1. The summed E-state index contributed by atoms with van der Waals surface area (Å²) in [4.78, 5) is 11.3. The van der Waals surface area contributed by atoms with E-state index in [1.54, 1.807) is 6.92 Å². The molecule has 0 saturated heterocycles. The fourth-order valence-electron chi connectivity index (χ4n) is 3.99. The van der Waals surface area contributed by atoms with E-state index in [1.165, 1.54) is 19.3 Å². The Morgan fingerprint density at radius 1 is 1.21 bits per heavy atom. The number of fused-ring (bicyclic) bond motifs is 5. The first-order chi connectivity index (χ1) is 9.24. The average molecular weight is 255 g/mol. The van der Waals surface area contributed by atoms with Gasteiger partial charge in [0.25, 0.3) is 0 Å². The molecule has 1 aromatic carbocycles. The summed E-state index contributed by atoms with van der Waals surface area (Å²) < 4.78 is 0. The lowest BCUT2D eigenvalue weighted by Crippen LogP contribution is -2.39. The summed E-state index contributed by atoms with van der Waals surface area (Å²) in [6.45, 7) is 1.59. The van der Waals surface area contributed by atoms with Crippen molar-refractivity contribution in [3.05, 3.63) is 29.8 Å². The highest BCUT2D eigenvalue weighted by atomic mass is 16.1. The van der Waals surface area contributed by atoms with Gasteiger partial charge in [-0.15, -0.1) is 0 Å². The number of Topliss-reactive ketones (excluding diaryl/α,β-unsaturated/α-hetero) is 1. The molecule has 98 valence electrons. The highest BCUT2D eigenvalue weighted by molar-refractivity contribution is 5.94. The highest BCUT2D eigenvalue weighted by Crippen LogP contribution is 2.51. The minimum absolute atomic E-state index is 0.104. The van der Waals surface area contributed by atoms with Crippen molar-refractivity contribution in [2.45, 2.75) is 38.3 Å². The quantitative estimate of drug-likeness (QED) is 0.761. The van der Waals surface area contributed by atoms with E-state index in [2.05, 4.69) is 15.3 Å². The van der Waals surface area contributed by atoms with Crippen LogP contribution in [0.3, 0.4) is 0 Å². The molecule has 2 fully saturated rings. The maximum Gasteiger partial charge on any atom is 0.159 e. The topological polar surface area (TPSA) is 45.0 Å². The van der Waals surface area contributed by atoms with Crippen LogP contribution in [0.4, 0.5) is 5.69 Å². The van der Waals surface area contributed by atoms with Gasteiger partial charge >= 0.3 is 0 Å². The Balaban J connectivity index is 1.63. The highest BCUT2D eigenvalue weighted by Gasteiger charge is 2.53. The summed E-state index contributed by atoms with van der Waals surface area (Å²) in [5.74, 6) is 1.60. The zero-order valence-corrected chi connectivity index (χ0v) is 11.0. The standard InChI is InChI=1S/C15H17N3O/c1-9(19)10-4-6-13(7-5-10)18-15-12-3-2-11(8-12)14(15)16-17-18/h4-7,11-12,14-15H,2-3,8H2,1H3/t11-,12+,14+,15-/m0/s1. The fraction of sp³-hybridized carbons (Fsp3) is 0.533. The van der Waals surface area contributed by atoms with Gasteiger partial charge < -0.3 is 0 Å². The normalized spacial score (nSPS) is 34.9. The van der Waals surface area contributed by atoms with Gasteiger partial charge in [0.05, 0.1) is 17.8 Å². The third-order valence-electron chi connectivity index (χ3n) is 4.93. The number of ketones is 1. The second-order valence-corrected chi connectivity index (χ2v) is 5.97. The lowest BCUT2D eigenvalue weighted by molar-refractivity contribution is 0.101. The molecule has 4 heteroatoms. The van der Waals surface area contributed by atoms with Crippen molar-refractivity contribution in [2.75, 3.05) is 5.01 Å². The van der Waals surface area contributed by atoms with Crippen LogP contribution in [0.25, 0.3) is 0 Å². The van der Waals surface area contributed by atoms with Crippen LogP contribution >= 0.6 is 0 Å². The molecule has 0 N–H and O–H groups in total. The predicted molar refractivity (Wildman–Crippen MR) is 72.2 cm³/mol. The van der Waals surface area contributed by atoms with Crippen molar-refractivity contribution in [1.29, 1.82) is 0 Å². The molecule has 4 rings (SSSR count). The largest absolute Gasteiger partial charge is 0.295 e. The number of hydrogen-bond donors (Lipinski definition) is 0. The average Bonchev–Trinajstić information content (AvgIpc) is 3.11. The lowest BCUT2D eigenvalue weighted by Gasteiger charge is -2.29. The summed E-state index contributed by atoms with van der Waals surface area (Å²) in [5, 5.41) is 10.9. The number of anilines is 1. The summed E-state index contributed by atoms with van der Waals surface area (Å²) >= 11 is 0. The summed E-state index contributed by atoms with van der Waals surface area (Å²) in [7, 11) is 0. The lowest BCUT2D eigenvalue weighted by atomic mass is 9.91. The fourth-order valence-corrected chi connectivity index (χ4v) is 3.99. The van der Waals surface area contributed by atoms with Crippen molar-refractivity contribution in [1.82, 2.24) is 0 Å². The molecule has 0 amide bonds. The van der Waals surface area contributed by atoms with Crippen molar-refractivity contribution in [2.24, 2.45) is 22.2 Å². The van der Waals surface area contributed by atoms with Crippen molar-refractivity contribution in [3.8, 4) is 0 Å². The zero-order valence-electron chi connectivity index (χ0n) is 11.0. The van der Waals surface area contributed by atoms with E-state index in [4.69, 9.17) is 0 Å². The smallest absolute Gasteiger partial charge is 0.159 e. The number of benzene rings is 1. The number of rotatable bonds is 2. The molecule has 0 aromatic heterocycles. The first-order valence-corrected chi connectivity index (χ1v) is 7.05. The summed E-state index contributed by atoms with van der Waals surface area (Å²) in [6.07, 6.45) is 3.96. The van der Waals surface area contributed by atoms with Crippen LogP contribution in [0.15, 0.2) is 34.6 Å². The molecule has 0 unspecified atom stereocenters. The predicted octanol–water partition coefficient (Wildman–Crippen LogP) is 3.24. The Morgan fingerprint density at radius 3 is 2.68 bits per heavy atom. The van der Waals surface area contributed by atoms with Gasteiger partial charge in [0, 0.05) is 5.56 Å². The zero-order chi connectivity index (χ0) is 13.0.